The van der Waals surface area contributed by atoms with Crippen LogP contribution in [-0.2, 0) is 0 Å². The number of hydrogen-bond acceptors (Lipinski definition) is 6. The summed E-state index contributed by atoms with van der Waals surface area (Å²) in [6.07, 6.45) is -0.403. The Kier molecular flexibility index (Phi) is 9.32. The molecule has 6 nitrogen and oxygen atoms in total. The fourth-order valence-electron chi connectivity index (χ4n) is 2.61. The minimum absolute atomic E-state index is 0. The molecule has 0 bridgehead atoms. The predicted molar refractivity (Wildman–Crippen MR) is 108 cm³/mol. The quantitative estimate of drug-likeness (QED) is 0.669. The molecule has 1 fully saturated rings. The van der Waals surface area contributed by atoms with E-state index >= 15 is 0 Å². The van der Waals surface area contributed by atoms with Crippen molar-refractivity contribution in [3.05, 3.63) is 35.3 Å². The van der Waals surface area contributed by atoms with E-state index in [0.717, 1.165) is 22.9 Å². The molecule has 9 heteroatoms. The summed E-state index contributed by atoms with van der Waals surface area (Å²) in [5, 5.41) is 18.2. The van der Waals surface area contributed by atoms with Crippen molar-refractivity contribution < 1.29 is 14.6 Å². The number of nitrogens with one attached hydrogen (secondary N) is 2. The van der Waals surface area contributed by atoms with Gasteiger partial charge in [0.05, 0.1) is 12.7 Å². The summed E-state index contributed by atoms with van der Waals surface area (Å²) in [5.74, 6) is 0.667. The zero-order chi connectivity index (χ0) is 16.9. The van der Waals surface area contributed by atoms with Crippen LogP contribution in [0.2, 0.25) is 0 Å². The first-order chi connectivity index (χ1) is 11.7. The SMILES string of the molecule is CCOc1ccc(-c2nc(C(=O)NCC3CNCC3O)cs2)cc1.Cl.Cl. The van der Waals surface area contributed by atoms with Crippen molar-refractivity contribution in [1.29, 1.82) is 0 Å². The Morgan fingerprint density at radius 2 is 2.08 bits per heavy atom. The first kappa shape index (κ1) is 22.7. The number of aliphatic hydroxyl groups excluding tert-OH is 1. The summed E-state index contributed by atoms with van der Waals surface area (Å²) in [6, 6.07) is 7.67. The average molecular weight is 420 g/mol. The third kappa shape index (κ3) is 5.56. The molecular formula is C17H23Cl2N3O3S. The van der Waals surface area contributed by atoms with Crippen molar-refractivity contribution in [2.75, 3.05) is 26.2 Å². The summed E-state index contributed by atoms with van der Waals surface area (Å²) in [5.41, 5.74) is 1.36. The molecule has 2 unspecified atom stereocenters. The van der Waals surface area contributed by atoms with Gasteiger partial charge in [0.25, 0.3) is 5.91 Å². The van der Waals surface area contributed by atoms with E-state index in [4.69, 9.17) is 4.74 Å². The van der Waals surface area contributed by atoms with Gasteiger partial charge in [-0.2, -0.15) is 0 Å². The van der Waals surface area contributed by atoms with Gasteiger partial charge in [-0.05, 0) is 31.2 Å². The number of rotatable bonds is 6. The highest BCUT2D eigenvalue weighted by atomic mass is 35.5. The van der Waals surface area contributed by atoms with Crippen molar-refractivity contribution in [2.45, 2.75) is 13.0 Å². The topological polar surface area (TPSA) is 83.5 Å². The number of ether oxygens (including phenoxy) is 1. The molecule has 1 aromatic carbocycles. The van der Waals surface area contributed by atoms with Gasteiger partial charge in [0.15, 0.2) is 0 Å². The Hall–Kier alpha value is -1.38. The molecule has 3 N–H and O–H groups in total. The minimum atomic E-state index is -0.403. The van der Waals surface area contributed by atoms with Crippen LogP contribution in [0.1, 0.15) is 17.4 Å². The molecule has 144 valence electrons. The second-order valence-electron chi connectivity index (χ2n) is 5.69. The van der Waals surface area contributed by atoms with Crippen LogP contribution >= 0.6 is 36.2 Å². The van der Waals surface area contributed by atoms with E-state index in [0.29, 0.717) is 25.4 Å². The zero-order valence-corrected chi connectivity index (χ0v) is 16.8. The predicted octanol–water partition coefficient (Wildman–Crippen LogP) is 2.36. The number of halogens is 2. The standard InChI is InChI=1S/C17H21N3O3S.2ClH/c1-2-23-13-5-3-11(4-6-13)17-20-14(10-24-17)16(22)19-8-12-7-18-9-15(12)21;;/h3-6,10,12,15,18,21H,2,7-9H2,1H3,(H,19,22);2*1H. The molecule has 2 aromatic rings. The third-order valence-electron chi connectivity index (χ3n) is 3.98. The molecule has 0 spiro atoms. The fraction of sp³-hybridized carbons (Fsp3) is 0.412. The molecule has 1 amide bonds. The molecule has 1 aliphatic heterocycles. The number of aromatic nitrogens is 1. The van der Waals surface area contributed by atoms with Crippen LogP contribution in [0.5, 0.6) is 5.75 Å². The Labute approximate surface area is 169 Å². The number of carbonyl (C=O) groups is 1. The maximum Gasteiger partial charge on any atom is 0.270 e. The van der Waals surface area contributed by atoms with Gasteiger partial charge in [0, 0.05) is 36.5 Å². The maximum atomic E-state index is 12.2. The highest BCUT2D eigenvalue weighted by molar-refractivity contribution is 7.13. The Bertz CT molecular complexity index is 697. The number of amides is 1. The molecule has 0 radical (unpaired) electrons. The number of nitrogens with zero attached hydrogens (tertiary/aromatic N) is 1. The van der Waals surface area contributed by atoms with Crippen molar-refractivity contribution >= 4 is 42.1 Å². The molecule has 2 heterocycles. The number of thiazole rings is 1. The first-order valence-corrected chi connectivity index (χ1v) is 8.91. The van der Waals surface area contributed by atoms with Gasteiger partial charge < -0.3 is 20.5 Å². The van der Waals surface area contributed by atoms with Gasteiger partial charge in [-0.15, -0.1) is 36.2 Å². The lowest BCUT2D eigenvalue weighted by Crippen LogP contribution is -2.34. The summed E-state index contributed by atoms with van der Waals surface area (Å²) in [6.45, 7) is 4.32. The van der Waals surface area contributed by atoms with Gasteiger partial charge in [-0.25, -0.2) is 4.98 Å². The van der Waals surface area contributed by atoms with E-state index in [1.165, 1.54) is 11.3 Å². The van der Waals surface area contributed by atoms with Crippen LogP contribution in [0.25, 0.3) is 10.6 Å². The van der Waals surface area contributed by atoms with Crippen LogP contribution in [0.15, 0.2) is 29.6 Å². The maximum absolute atomic E-state index is 12.2. The normalized spacial score (nSPS) is 18.5. The smallest absolute Gasteiger partial charge is 0.270 e. The van der Waals surface area contributed by atoms with Crippen LogP contribution in [0.3, 0.4) is 0 Å². The van der Waals surface area contributed by atoms with Gasteiger partial charge in [0.2, 0.25) is 0 Å². The average Bonchev–Trinajstić information content (AvgIpc) is 3.23. The van der Waals surface area contributed by atoms with Gasteiger partial charge in [0.1, 0.15) is 16.5 Å². The van der Waals surface area contributed by atoms with Crippen LogP contribution in [-0.4, -0.2) is 48.3 Å². The molecule has 0 aliphatic carbocycles. The molecule has 1 aliphatic rings. The fourth-order valence-corrected chi connectivity index (χ4v) is 3.42. The minimum Gasteiger partial charge on any atom is -0.494 e. The Morgan fingerprint density at radius 3 is 2.69 bits per heavy atom. The second kappa shape index (κ2) is 10.7. The lowest BCUT2D eigenvalue weighted by atomic mass is 10.1. The number of hydrogen-bond donors (Lipinski definition) is 3. The Balaban J connectivity index is 0.00000169. The zero-order valence-electron chi connectivity index (χ0n) is 14.3. The van der Waals surface area contributed by atoms with Crippen LogP contribution in [0.4, 0.5) is 0 Å². The molecule has 1 aromatic heterocycles. The van der Waals surface area contributed by atoms with Crippen molar-refractivity contribution in [3.63, 3.8) is 0 Å². The first-order valence-electron chi connectivity index (χ1n) is 8.03. The van der Waals surface area contributed by atoms with Crippen molar-refractivity contribution in [1.82, 2.24) is 15.6 Å². The number of carbonyl (C=O) groups excluding carboxylic acids is 1. The van der Waals surface area contributed by atoms with E-state index in [9.17, 15) is 9.90 Å². The van der Waals surface area contributed by atoms with Crippen molar-refractivity contribution in [3.8, 4) is 16.3 Å². The molecular weight excluding hydrogens is 397 g/mol. The second-order valence-corrected chi connectivity index (χ2v) is 6.55. The monoisotopic (exact) mass is 419 g/mol. The Morgan fingerprint density at radius 1 is 1.35 bits per heavy atom. The van der Waals surface area contributed by atoms with E-state index in [2.05, 4.69) is 15.6 Å². The number of aliphatic hydroxyl groups is 1. The van der Waals surface area contributed by atoms with E-state index in [1.807, 2.05) is 31.2 Å². The van der Waals surface area contributed by atoms with Crippen molar-refractivity contribution in [2.24, 2.45) is 5.92 Å². The highest BCUT2D eigenvalue weighted by Gasteiger charge is 2.25. The number of benzene rings is 1. The van der Waals surface area contributed by atoms with Gasteiger partial charge >= 0.3 is 0 Å². The molecule has 2 atom stereocenters. The van der Waals surface area contributed by atoms with E-state index < -0.39 is 6.10 Å². The summed E-state index contributed by atoms with van der Waals surface area (Å²) < 4.78 is 5.42. The number of β-amino-alcohol motifs (C(OH)–C–C–N with tert-alkyl or cyclic N) is 1. The van der Waals surface area contributed by atoms with E-state index in [1.54, 1.807) is 5.38 Å². The van der Waals surface area contributed by atoms with Gasteiger partial charge in [-0.1, -0.05) is 0 Å². The summed E-state index contributed by atoms with van der Waals surface area (Å²) in [4.78, 5) is 16.6. The van der Waals surface area contributed by atoms with Gasteiger partial charge in [-0.3, -0.25) is 4.79 Å². The lowest BCUT2D eigenvalue weighted by Gasteiger charge is -2.13. The van der Waals surface area contributed by atoms with Crippen LogP contribution < -0.4 is 15.4 Å². The molecule has 1 saturated heterocycles. The highest BCUT2D eigenvalue weighted by Crippen LogP contribution is 2.25. The molecule has 0 saturated carbocycles. The summed E-state index contributed by atoms with van der Waals surface area (Å²) >= 11 is 1.43. The van der Waals surface area contributed by atoms with E-state index in [-0.39, 0.29) is 36.6 Å². The van der Waals surface area contributed by atoms with Crippen LogP contribution in [0, 0.1) is 5.92 Å². The molecule has 3 rings (SSSR count). The third-order valence-corrected chi connectivity index (χ3v) is 4.87. The molecule has 26 heavy (non-hydrogen) atoms. The summed E-state index contributed by atoms with van der Waals surface area (Å²) in [7, 11) is 0. The lowest BCUT2D eigenvalue weighted by molar-refractivity contribution is 0.0923. The largest absolute Gasteiger partial charge is 0.494 e.